The van der Waals surface area contributed by atoms with Crippen LogP contribution < -0.4 is 0 Å². The van der Waals surface area contributed by atoms with E-state index in [-0.39, 0.29) is 6.54 Å². The number of amides is 1. The van der Waals surface area contributed by atoms with Crippen LogP contribution in [-0.2, 0) is 16.1 Å². The number of aliphatic carboxylic acids is 1. The summed E-state index contributed by atoms with van der Waals surface area (Å²) in [7, 11) is 0. The number of aromatic nitrogens is 2. The molecule has 1 aromatic heterocycles. The third kappa shape index (κ3) is 2.64. The first-order chi connectivity index (χ1) is 8.79. The Morgan fingerprint density at radius 3 is 2.74 bits per heavy atom. The fourth-order valence-electron chi connectivity index (χ4n) is 1.90. The average molecular weight is 265 g/mol. The van der Waals surface area contributed by atoms with Gasteiger partial charge in [0.25, 0.3) is 0 Å². The molecule has 0 saturated heterocycles. The van der Waals surface area contributed by atoms with Crippen molar-refractivity contribution >= 4 is 12.1 Å². The van der Waals surface area contributed by atoms with Gasteiger partial charge in [-0.2, -0.15) is 0 Å². The van der Waals surface area contributed by atoms with Crippen LogP contribution in [0.15, 0.2) is 12.5 Å². The average Bonchev–Trinajstić information content (AvgIpc) is 2.65. The van der Waals surface area contributed by atoms with Gasteiger partial charge < -0.3 is 9.84 Å². The Labute approximate surface area is 110 Å². The summed E-state index contributed by atoms with van der Waals surface area (Å²) in [5.41, 5.74) is 0.287. The van der Waals surface area contributed by atoms with Crippen LogP contribution in [0.1, 0.15) is 38.1 Å². The topological polar surface area (TPSA) is 92.6 Å². The summed E-state index contributed by atoms with van der Waals surface area (Å²) in [6.45, 7) is 5.29. The monoisotopic (exact) mass is 265 g/mol. The molecular formula is C12H15N3O4. The molecule has 0 saturated carbocycles. The number of carbonyl (C=O) groups excluding carboxylic acids is 1. The fraction of sp³-hybridized carbons (Fsp3) is 0.500. The second kappa shape index (κ2) is 4.49. The lowest BCUT2D eigenvalue weighted by molar-refractivity contribution is -0.143. The summed E-state index contributed by atoms with van der Waals surface area (Å²) in [6, 6.07) is -1.09. The van der Waals surface area contributed by atoms with E-state index in [2.05, 4.69) is 9.97 Å². The molecular weight excluding hydrogens is 250 g/mol. The highest BCUT2D eigenvalue weighted by atomic mass is 16.6. The van der Waals surface area contributed by atoms with Gasteiger partial charge in [-0.3, -0.25) is 4.90 Å². The highest BCUT2D eigenvalue weighted by molar-refractivity contribution is 5.83. The first-order valence-corrected chi connectivity index (χ1v) is 5.81. The smallest absolute Gasteiger partial charge is 0.411 e. The van der Waals surface area contributed by atoms with Gasteiger partial charge in [0.1, 0.15) is 11.9 Å². The summed E-state index contributed by atoms with van der Waals surface area (Å²) in [5.74, 6) is -1.13. The molecule has 0 radical (unpaired) electrons. The zero-order chi connectivity index (χ0) is 14.2. The Morgan fingerprint density at radius 2 is 2.16 bits per heavy atom. The standard InChI is InChI=1S/C12H15N3O4/c1-12(2,3)19-11(18)15-5-8-7(4-13-6-14-8)9(15)10(16)17/h4,6,9H,5H2,1-3H3,(H,16,17). The highest BCUT2D eigenvalue weighted by Crippen LogP contribution is 2.33. The maximum absolute atomic E-state index is 12.0. The third-order valence-electron chi connectivity index (χ3n) is 2.62. The fourth-order valence-corrected chi connectivity index (χ4v) is 1.90. The molecule has 0 fully saturated rings. The molecule has 1 aliphatic heterocycles. The molecule has 1 unspecified atom stereocenters. The molecule has 19 heavy (non-hydrogen) atoms. The Morgan fingerprint density at radius 1 is 1.47 bits per heavy atom. The molecule has 0 aliphatic carbocycles. The van der Waals surface area contributed by atoms with E-state index in [1.165, 1.54) is 12.5 Å². The number of ether oxygens (including phenoxy) is 1. The van der Waals surface area contributed by atoms with Crippen molar-refractivity contribution in [3.8, 4) is 0 Å². The molecule has 1 amide bonds. The molecule has 2 rings (SSSR count). The van der Waals surface area contributed by atoms with Crippen LogP contribution in [0.2, 0.25) is 0 Å². The van der Waals surface area contributed by atoms with Crippen molar-refractivity contribution in [2.45, 2.75) is 39.0 Å². The van der Waals surface area contributed by atoms with Crippen LogP contribution in [0.5, 0.6) is 0 Å². The molecule has 1 atom stereocenters. The summed E-state index contributed by atoms with van der Waals surface area (Å²) in [6.07, 6.45) is 2.08. The van der Waals surface area contributed by atoms with E-state index in [1.54, 1.807) is 20.8 Å². The van der Waals surface area contributed by atoms with Gasteiger partial charge in [-0.15, -0.1) is 0 Å². The molecule has 102 valence electrons. The van der Waals surface area contributed by atoms with Gasteiger partial charge in [-0.25, -0.2) is 19.6 Å². The van der Waals surface area contributed by atoms with Crippen LogP contribution in [-0.4, -0.2) is 37.6 Å². The number of carboxylic acid groups (broad SMARTS) is 1. The molecule has 7 heteroatoms. The lowest BCUT2D eigenvalue weighted by Crippen LogP contribution is -2.38. The highest BCUT2D eigenvalue weighted by Gasteiger charge is 2.41. The zero-order valence-electron chi connectivity index (χ0n) is 11.0. The molecule has 1 aliphatic rings. The number of hydrogen-bond acceptors (Lipinski definition) is 5. The number of carboxylic acids is 1. The minimum absolute atomic E-state index is 0.115. The Balaban J connectivity index is 2.29. The first-order valence-electron chi connectivity index (χ1n) is 5.81. The third-order valence-corrected chi connectivity index (χ3v) is 2.62. The van der Waals surface area contributed by atoms with Gasteiger partial charge in [0.05, 0.1) is 12.2 Å². The van der Waals surface area contributed by atoms with Gasteiger partial charge in [-0.05, 0) is 20.8 Å². The van der Waals surface area contributed by atoms with Crippen LogP contribution >= 0.6 is 0 Å². The summed E-state index contributed by atoms with van der Waals surface area (Å²) >= 11 is 0. The Bertz CT molecular complexity index is 524. The molecule has 0 spiro atoms. The van der Waals surface area contributed by atoms with E-state index in [9.17, 15) is 14.7 Å². The van der Waals surface area contributed by atoms with E-state index >= 15 is 0 Å². The quantitative estimate of drug-likeness (QED) is 0.824. The van der Waals surface area contributed by atoms with E-state index in [1.807, 2.05) is 0 Å². The van der Waals surface area contributed by atoms with Crippen LogP contribution in [0, 0.1) is 0 Å². The second-order valence-corrected chi connectivity index (χ2v) is 5.27. The van der Waals surface area contributed by atoms with Gasteiger partial charge in [0.15, 0.2) is 6.04 Å². The maximum atomic E-state index is 12.0. The predicted octanol–water partition coefficient (Wildman–Crippen LogP) is 1.35. The number of hydrogen-bond donors (Lipinski definition) is 1. The van der Waals surface area contributed by atoms with Gasteiger partial charge in [0, 0.05) is 11.8 Å². The number of carbonyl (C=O) groups is 2. The molecule has 1 aromatic rings. The number of nitrogens with zero attached hydrogens (tertiary/aromatic N) is 3. The Kier molecular flexibility index (Phi) is 3.13. The van der Waals surface area contributed by atoms with E-state index in [4.69, 9.17) is 4.74 Å². The summed E-state index contributed by atoms with van der Waals surface area (Å²) < 4.78 is 5.21. The van der Waals surface area contributed by atoms with Crippen molar-refractivity contribution in [2.24, 2.45) is 0 Å². The molecule has 1 N–H and O–H groups in total. The summed E-state index contributed by atoms with van der Waals surface area (Å²) in [5, 5.41) is 9.27. The molecule has 2 heterocycles. The van der Waals surface area contributed by atoms with Crippen LogP contribution in [0.25, 0.3) is 0 Å². The van der Waals surface area contributed by atoms with Crippen molar-refractivity contribution in [2.75, 3.05) is 0 Å². The Hall–Kier alpha value is -2.18. The number of fused-ring (bicyclic) bond motifs is 1. The van der Waals surface area contributed by atoms with E-state index in [0.717, 1.165) is 4.90 Å². The minimum Gasteiger partial charge on any atom is -0.479 e. The number of rotatable bonds is 1. The first kappa shape index (κ1) is 13.3. The normalized spacial score (nSPS) is 18.1. The van der Waals surface area contributed by atoms with Gasteiger partial charge in [-0.1, -0.05) is 0 Å². The van der Waals surface area contributed by atoms with Crippen molar-refractivity contribution in [3.63, 3.8) is 0 Å². The van der Waals surface area contributed by atoms with E-state index < -0.39 is 23.7 Å². The van der Waals surface area contributed by atoms with Gasteiger partial charge >= 0.3 is 12.1 Å². The van der Waals surface area contributed by atoms with Crippen molar-refractivity contribution < 1.29 is 19.4 Å². The molecule has 0 aromatic carbocycles. The minimum atomic E-state index is -1.13. The van der Waals surface area contributed by atoms with Crippen LogP contribution in [0.4, 0.5) is 4.79 Å². The zero-order valence-corrected chi connectivity index (χ0v) is 11.0. The summed E-state index contributed by atoms with van der Waals surface area (Å²) in [4.78, 5) is 32.3. The second-order valence-electron chi connectivity index (χ2n) is 5.27. The van der Waals surface area contributed by atoms with Crippen molar-refractivity contribution in [1.29, 1.82) is 0 Å². The van der Waals surface area contributed by atoms with E-state index in [0.29, 0.717) is 11.3 Å². The molecule has 0 bridgehead atoms. The van der Waals surface area contributed by atoms with Crippen molar-refractivity contribution in [1.82, 2.24) is 14.9 Å². The predicted molar refractivity (Wildman–Crippen MR) is 64.2 cm³/mol. The van der Waals surface area contributed by atoms with Crippen LogP contribution in [0.3, 0.4) is 0 Å². The lowest BCUT2D eigenvalue weighted by atomic mass is 10.1. The SMILES string of the molecule is CC(C)(C)OC(=O)N1Cc2ncncc2C1C(=O)O. The van der Waals surface area contributed by atoms with Crippen molar-refractivity contribution in [3.05, 3.63) is 23.8 Å². The maximum Gasteiger partial charge on any atom is 0.411 e. The van der Waals surface area contributed by atoms with Gasteiger partial charge in [0.2, 0.25) is 0 Å². The molecule has 7 nitrogen and oxygen atoms in total. The largest absolute Gasteiger partial charge is 0.479 e. The lowest BCUT2D eigenvalue weighted by Gasteiger charge is -2.26.